The zero-order valence-corrected chi connectivity index (χ0v) is 19.6. The molecule has 0 saturated carbocycles. The number of carbonyl (C=O) groups excluding carboxylic acids is 1. The number of hydrogen-bond donors (Lipinski definition) is 1. The van der Waals surface area contributed by atoms with Gasteiger partial charge in [-0.1, -0.05) is 17.7 Å². The van der Waals surface area contributed by atoms with E-state index in [-0.39, 0.29) is 4.90 Å². The SMILES string of the molecule is COc1ccc(/C=N\NC(=O)c2ccc(N(C)S(=O)(=O)c3ccc(C)cc3)cc2)c(OC)c1. The van der Waals surface area contributed by atoms with Crippen LogP contribution in [0.15, 0.2) is 76.7 Å². The van der Waals surface area contributed by atoms with Gasteiger partial charge in [0.25, 0.3) is 15.9 Å². The highest BCUT2D eigenvalue weighted by Crippen LogP contribution is 2.24. The van der Waals surface area contributed by atoms with Gasteiger partial charge in [-0.15, -0.1) is 0 Å². The number of rotatable bonds is 8. The molecule has 0 aliphatic rings. The van der Waals surface area contributed by atoms with Gasteiger partial charge < -0.3 is 9.47 Å². The van der Waals surface area contributed by atoms with Gasteiger partial charge >= 0.3 is 0 Å². The molecule has 3 rings (SSSR count). The minimum absolute atomic E-state index is 0.195. The van der Waals surface area contributed by atoms with Crippen molar-refractivity contribution >= 4 is 27.8 Å². The Morgan fingerprint density at radius 1 is 0.970 bits per heavy atom. The Hall–Kier alpha value is -3.85. The first-order valence-corrected chi connectivity index (χ1v) is 11.4. The van der Waals surface area contributed by atoms with E-state index in [9.17, 15) is 13.2 Å². The Balaban J connectivity index is 1.69. The fourth-order valence-electron chi connectivity index (χ4n) is 2.98. The molecule has 0 unspecified atom stereocenters. The second kappa shape index (κ2) is 10.2. The fraction of sp³-hybridized carbons (Fsp3) is 0.167. The van der Waals surface area contributed by atoms with Crippen LogP contribution in [-0.4, -0.2) is 41.8 Å². The molecular weight excluding hydrogens is 442 g/mol. The number of amides is 1. The first-order valence-electron chi connectivity index (χ1n) is 9.97. The Labute approximate surface area is 193 Å². The summed E-state index contributed by atoms with van der Waals surface area (Å²) in [6, 6.07) is 18.1. The second-order valence-electron chi connectivity index (χ2n) is 7.14. The maximum Gasteiger partial charge on any atom is 0.271 e. The van der Waals surface area contributed by atoms with Crippen molar-refractivity contribution in [1.82, 2.24) is 5.43 Å². The molecular formula is C24H25N3O5S. The first kappa shape index (κ1) is 23.8. The van der Waals surface area contributed by atoms with Crippen molar-refractivity contribution in [1.29, 1.82) is 0 Å². The number of sulfonamides is 1. The molecule has 0 saturated heterocycles. The van der Waals surface area contributed by atoms with Crippen LogP contribution in [0.25, 0.3) is 0 Å². The maximum atomic E-state index is 12.8. The Kier molecular flexibility index (Phi) is 7.34. The Morgan fingerprint density at radius 2 is 1.64 bits per heavy atom. The molecule has 0 aromatic heterocycles. The maximum absolute atomic E-state index is 12.8. The molecule has 0 fully saturated rings. The number of ether oxygens (including phenoxy) is 2. The highest BCUT2D eigenvalue weighted by molar-refractivity contribution is 7.92. The number of benzene rings is 3. The number of nitrogens with one attached hydrogen (secondary N) is 1. The average Bonchev–Trinajstić information content (AvgIpc) is 2.84. The molecule has 172 valence electrons. The van der Waals surface area contributed by atoms with Gasteiger partial charge in [-0.05, 0) is 55.5 Å². The smallest absolute Gasteiger partial charge is 0.271 e. The summed E-state index contributed by atoms with van der Waals surface area (Å²) in [5.41, 5.74) is 4.85. The zero-order valence-electron chi connectivity index (χ0n) is 18.8. The molecule has 3 aromatic rings. The van der Waals surface area contributed by atoms with Gasteiger partial charge in [-0.2, -0.15) is 5.10 Å². The highest BCUT2D eigenvalue weighted by Gasteiger charge is 2.21. The summed E-state index contributed by atoms with van der Waals surface area (Å²) in [4.78, 5) is 12.6. The van der Waals surface area contributed by atoms with E-state index < -0.39 is 15.9 Å². The minimum Gasteiger partial charge on any atom is -0.497 e. The van der Waals surface area contributed by atoms with Crippen LogP contribution in [0.5, 0.6) is 11.5 Å². The van der Waals surface area contributed by atoms with E-state index in [4.69, 9.17) is 9.47 Å². The standard InChI is InChI=1S/C24H25N3O5S/c1-17-5-13-22(14-6-17)33(29,30)27(2)20-10-7-18(8-11-20)24(28)26-25-16-19-9-12-21(31-3)15-23(19)32-4/h5-16H,1-4H3,(H,26,28)/b25-16-. The quantitative estimate of drug-likeness (QED) is 0.403. The lowest BCUT2D eigenvalue weighted by Gasteiger charge is -2.19. The predicted octanol–water partition coefficient (Wildman–Crippen LogP) is 3.60. The third-order valence-electron chi connectivity index (χ3n) is 4.98. The van der Waals surface area contributed by atoms with Gasteiger partial charge in [0.05, 0.1) is 31.0 Å². The molecule has 3 aromatic carbocycles. The third-order valence-corrected chi connectivity index (χ3v) is 6.78. The van der Waals surface area contributed by atoms with Crippen molar-refractivity contribution in [3.05, 3.63) is 83.4 Å². The molecule has 9 heteroatoms. The van der Waals surface area contributed by atoms with Crippen LogP contribution in [-0.2, 0) is 10.0 Å². The molecule has 0 heterocycles. The second-order valence-corrected chi connectivity index (χ2v) is 9.11. The number of nitrogens with zero attached hydrogens (tertiary/aromatic N) is 2. The van der Waals surface area contributed by atoms with Crippen LogP contribution in [0, 0.1) is 6.92 Å². The van der Waals surface area contributed by atoms with Gasteiger partial charge in [0.1, 0.15) is 11.5 Å². The van der Waals surface area contributed by atoms with Crippen molar-refractivity contribution in [3.63, 3.8) is 0 Å². The minimum atomic E-state index is -3.71. The van der Waals surface area contributed by atoms with Crippen molar-refractivity contribution in [3.8, 4) is 11.5 Å². The van der Waals surface area contributed by atoms with Crippen LogP contribution in [0.3, 0.4) is 0 Å². The average molecular weight is 468 g/mol. The normalized spacial score (nSPS) is 11.3. The molecule has 0 aliphatic carbocycles. The number of aryl methyl sites for hydroxylation is 1. The largest absolute Gasteiger partial charge is 0.497 e. The summed E-state index contributed by atoms with van der Waals surface area (Å²) < 4.78 is 37.3. The monoisotopic (exact) mass is 467 g/mol. The Bertz CT molecular complexity index is 1250. The van der Waals surface area contributed by atoms with Gasteiger partial charge in [0, 0.05) is 24.2 Å². The molecule has 0 spiro atoms. The number of methoxy groups -OCH3 is 2. The van der Waals surface area contributed by atoms with Crippen molar-refractivity contribution < 1.29 is 22.7 Å². The van der Waals surface area contributed by atoms with Crippen LogP contribution in [0.1, 0.15) is 21.5 Å². The van der Waals surface area contributed by atoms with Gasteiger partial charge in [0.15, 0.2) is 0 Å². The summed E-state index contributed by atoms with van der Waals surface area (Å²) in [6.07, 6.45) is 1.46. The van der Waals surface area contributed by atoms with Crippen molar-refractivity contribution in [2.75, 3.05) is 25.6 Å². The number of carbonyl (C=O) groups is 1. The Morgan fingerprint density at radius 3 is 2.24 bits per heavy atom. The van der Waals surface area contributed by atoms with Crippen LogP contribution in [0.4, 0.5) is 5.69 Å². The van der Waals surface area contributed by atoms with E-state index >= 15 is 0 Å². The number of hydrogen-bond acceptors (Lipinski definition) is 6. The summed E-state index contributed by atoms with van der Waals surface area (Å²) in [7, 11) is 0.848. The van der Waals surface area contributed by atoms with E-state index in [2.05, 4.69) is 10.5 Å². The highest BCUT2D eigenvalue weighted by atomic mass is 32.2. The summed E-state index contributed by atoms with van der Waals surface area (Å²) in [6.45, 7) is 1.89. The van der Waals surface area contributed by atoms with E-state index in [1.54, 1.807) is 61.7 Å². The van der Waals surface area contributed by atoms with Crippen molar-refractivity contribution in [2.24, 2.45) is 5.10 Å². The van der Waals surface area contributed by atoms with Gasteiger partial charge in [-0.3, -0.25) is 9.10 Å². The first-order chi connectivity index (χ1) is 15.8. The van der Waals surface area contributed by atoms with Crippen LogP contribution >= 0.6 is 0 Å². The van der Waals surface area contributed by atoms with Gasteiger partial charge in [-0.25, -0.2) is 13.8 Å². The summed E-state index contributed by atoms with van der Waals surface area (Å²) in [5.74, 6) is 0.756. The molecule has 1 N–H and O–H groups in total. The van der Waals surface area contributed by atoms with Crippen LogP contribution in [0.2, 0.25) is 0 Å². The molecule has 0 atom stereocenters. The topological polar surface area (TPSA) is 97.3 Å². The van der Waals surface area contributed by atoms with E-state index in [0.717, 1.165) is 5.56 Å². The lowest BCUT2D eigenvalue weighted by molar-refractivity contribution is 0.0955. The van der Waals surface area contributed by atoms with Crippen LogP contribution < -0.4 is 19.2 Å². The lowest BCUT2D eigenvalue weighted by Crippen LogP contribution is -2.26. The zero-order chi connectivity index (χ0) is 24.0. The molecule has 0 aliphatic heterocycles. The van der Waals surface area contributed by atoms with Gasteiger partial charge in [0.2, 0.25) is 0 Å². The lowest BCUT2D eigenvalue weighted by atomic mass is 10.2. The molecule has 1 amide bonds. The summed E-state index contributed by atoms with van der Waals surface area (Å²) in [5, 5.41) is 3.97. The van der Waals surface area contributed by atoms with Crippen molar-refractivity contribution in [2.45, 2.75) is 11.8 Å². The molecule has 0 radical (unpaired) electrons. The fourth-order valence-corrected chi connectivity index (χ4v) is 4.18. The van der Waals surface area contributed by atoms with E-state index in [1.807, 2.05) is 6.92 Å². The number of hydrazone groups is 1. The number of anilines is 1. The third kappa shape index (κ3) is 5.50. The van der Waals surface area contributed by atoms with E-state index in [1.165, 1.54) is 36.8 Å². The summed E-state index contributed by atoms with van der Waals surface area (Å²) >= 11 is 0. The molecule has 8 nitrogen and oxygen atoms in total. The molecule has 33 heavy (non-hydrogen) atoms. The predicted molar refractivity (Wildman–Crippen MR) is 128 cm³/mol. The van der Waals surface area contributed by atoms with E-state index in [0.29, 0.717) is 28.3 Å². The molecule has 0 bridgehead atoms.